The predicted octanol–water partition coefficient (Wildman–Crippen LogP) is 6.10. The number of aromatic nitrogens is 2. The second kappa shape index (κ2) is 9.16. The molecule has 1 saturated heterocycles. The van der Waals surface area contributed by atoms with Gasteiger partial charge in [0.25, 0.3) is 0 Å². The molecule has 0 radical (unpaired) electrons. The molecule has 3 aliphatic heterocycles. The summed E-state index contributed by atoms with van der Waals surface area (Å²) in [7, 11) is 0. The minimum atomic E-state index is 0.217. The fraction of sp³-hybridized carbons (Fsp3) is 0.444. The summed E-state index contributed by atoms with van der Waals surface area (Å²) in [5.41, 5.74) is 6.41. The van der Waals surface area contributed by atoms with E-state index in [1.165, 1.54) is 12.8 Å². The number of nitrogens with zero attached hydrogens (tertiary/aromatic N) is 4. The molecular formula is C27H30ClN5O. The molecule has 7 heteroatoms. The molecule has 2 unspecified atom stereocenters. The van der Waals surface area contributed by atoms with Crippen LogP contribution in [-0.4, -0.2) is 45.1 Å². The number of allylic oxidation sites excluding steroid dienone is 3. The predicted molar refractivity (Wildman–Crippen MR) is 137 cm³/mol. The summed E-state index contributed by atoms with van der Waals surface area (Å²) < 4.78 is 5.78. The third kappa shape index (κ3) is 4.49. The van der Waals surface area contributed by atoms with Gasteiger partial charge < -0.3 is 9.72 Å². The van der Waals surface area contributed by atoms with Gasteiger partial charge in [-0.2, -0.15) is 5.10 Å². The summed E-state index contributed by atoms with van der Waals surface area (Å²) in [6, 6.07) is 8.63. The molecule has 4 aliphatic rings. The lowest BCUT2D eigenvalue weighted by Gasteiger charge is -2.29. The number of imidazole rings is 1. The first kappa shape index (κ1) is 21.8. The lowest BCUT2D eigenvalue weighted by atomic mass is 10.0. The van der Waals surface area contributed by atoms with Crippen LogP contribution in [0, 0.1) is 5.92 Å². The molecular weight excluding hydrogens is 446 g/mol. The minimum absolute atomic E-state index is 0.217. The molecule has 1 aromatic heterocycles. The molecule has 4 heterocycles. The van der Waals surface area contributed by atoms with E-state index >= 15 is 0 Å². The Bertz CT molecular complexity index is 1180. The highest BCUT2D eigenvalue weighted by Gasteiger charge is 2.29. The van der Waals surface area contributed by atoms with Gasteiger partial charge in [0.05, 0.1) is 41.6 Å². The fourth-order valence-electron chi connectivity index (χ4n) is 4.87. The number of hydrogen-bond donors (Lipinski definition) is 1. The van der Waals surface area contributed by atoms with Crippen LogP contribution in [-0.2, 0) is 4.74 Å². The number of aromatic amines is 1. The van der Waals surface area contributed by atoms with Crippen LogP contribution in [0.2, 0.25) is 0 Å². The molecule has 2 aromatic rings. The largest absolute Gasteiger partial charge is 0.376 e. The number of halogens is 1. The van der Waals surface area contributed by atoms with Gasteiger partial charge in [0.1, 0.15) is 11.0 Å². The quantitative estimate of drug-likeness (QED) is 0.568. The van der Waals surface area contributed by atoms with Crippen molar-refractivity contribution < 1.29 is 4.74 Å². The van der Waals surface area contributed by atoms with E-state index in [2.05, 4.69) is 53.3 Å². The van der Waals surface area contributed by atoms with Gasteiger partial charge in [-0.15, -0.1) is 0 Å². The zero-order chi connectivity index (χ0) is 23.1. The number of nitrogens with one attached hydrogen (secondary N) is 1. The summed E-state index contributed by atoms with van der Waals surface area (Å²) in [6.07, 6.45) is 12.9. The number of benzene rings is 1. The fourth-order valence-corrected chi connectivity index (χ4v) is 5.07. The molecule has 176 valence electrons. The summed E-state index contributed by atoms with van der Waals surface area (Å²) >= 11 is 6.54. The van der Waals surface area contributed by atoms with Crippen LogP contribution in [0.3, 0.4) is 0 Å². The second-order valence-corrected chi connectivity index (χ2v) is 10.2. The number of hydrazone groups is 1. The highest BCUT2D eigenvalue weighted by molar-refractivity contribution is 6.67. The van der Waals surface area contributed by atoms with Crippen molar-refractivity contribution in [1.82, 2.24) is 15.0 Å². The van der Waals surface area contributed by atoms with Crippen molar-refractivity contribution in [1.29, 1.82) is 0 Å². The van der Waals surface area contributed by atoms with Crippen molar-refractivity contribution in [3.05, 3.63) is 59.7 Å². The topological polar surface area (TPSA) is 65.9 Å². The van der Waals surface area contributed by atoms with Gasteiger partial charge in [-0.1, -0.05) is 54.9 Å². The van der Waals surface area contributed by atoms with Crippen LogP contribution in [0.4, 0.5) is 0 Å². The van der Waals surface area contributed by atoms with Crippen molar-refractivity contribution >= 4 is 28.2 Å². The molecule has 1 aromatic carbocycles. The van der Waals surface area contributed by atoms with Gasteiger partial charge in [-0.25, -0.2) is 9.99 Å². The van der Waals surface area contributed by atoms with Crippen LogP contribution < -0.4 is 0 Å². The Kier molecular flexibility index (Phi) is 5.87. The normalized spacial score (nSPS) is 26.1. The Hall–Kier alpha value is -2.70. The first-order valence-corrected chi connectivity index (χ1v) is 12.8. The van der Waals surface area contributed by atoms with Crippen LogP contribution in [0.15, 0.2) is 58.4 Å². The smallest absolute Gasteiger partial charge is 0.133 e. The third-order valence-electron chi connectivity index (χ3n) is 6.96. The van der Waals surface area contributed by atoms with Crippen molar-refractivity contribution in [3.8, 4) is 11.3 Å². The van der Waals surface area contributed by atoms with Crippen molar-refractivity contribution in [2.75, 3.05) is 13.2 Å². The van der Waals surface area contributed by atoms with Crippen molar-refractivity contribution in [3.63, 3.8) is 0 Å². The van der Waals surface area contributed by atoms with Crippen molar-refractivity contribution in [2.45, 2.75) is 57.5 Å². The van der Waals surface area contributed by atoms with E-state index in [1.54, 1.807) is 0 Å². The number of hydrogen-bond acceptors (Lipinski definition) is 5. The zero-order valence-electron chi connectivity index (χ0n) is 19.5. The van der Waals surface area contributed by atoms with Crippen molar-refractivity contribution in [2.24, 2.45) is 16.0 Å². The Labute approximate surface area is 205 Å². The maximum absolute atomic E-state index is 6.54. The molecule has 6 rings (SSSR count). The number of fused-ring (bicyclic) bond motifs is 1. The SMILES string of the molecule is CC1C=C(c2ccc(-c3cnc(C4CC4)[nH]3)cc2)N2N=C(Cl)CC(=NCC3CCCO3)C2=CC1. The lowest BCUT2D eigenvalue weighted by Crippen LogP contribution is -2.29. The van der Waals surface area contributed by atoms with Crippen LogP contribution in [0.1, 0.15) is 62.8 Å². The average Bonchev–Trinajstić information content (AvgIpc) is 3.38. The maximum Gasteiger partial charge on any atom is 0.133 e. The van der Waals surface area contributed by atoms with Crippen LogP contribution >= 0.6 is 11.6 Å². The molecule has 0 bridgehead atoms. The standard InChI is InChI=1S/C27H30ClN5O/c1-17-4-11-24-22(29-15-21-3-2-12-34-21)14-26(28)32-33(24)25(13-17)19-7-5-18(6-8-19)23-16-30-27(31-23)20-9-10-20/h5-8,11,13,16-17,20-21H,2-4,9-10,12,14-15H2,1H3,(H,30,31). The molecule has 0 amide bonds. The average molecular weight is 476 g/mol. The third-order valence-corrected chi connectivity index (χ3v) is 7.17. The summed E-state index contributed by atoms with van der Waals surface area (Å²) in [4.78, 5) is 13.0. The summed E-state index contributed by atoms with van der Waals surface area (Å²) in [6.45, 7) is 3.76. The first-order chi connectivity index (χ1) is 16.6. The number of H-pyrrole nitrogens is 1. The monoisotopic (exact) mass is 475 g/mol. The Morgan fingerprint density at radius 2 is 1.97 bits per heavy atom. The maximum atomic E-state index is 6.54. The first-order valence-electron chi connectivity index (χ1n) is 12.4. The van der Waals surface area contributed by atoms with Crippen LogP contribution in [0.5, 0.6) is 0 Å². The second-order valence-electron chi connectivity index (χ2n) is 9.78. The van der Waals surface area contributed by atoms with E-state index in [0.717, 1.165) is 65.6 Å². The number of rotatable bonds is 5. The van der Waals surface area contributed by atoms with E-state index in [-0.39, 0.29) is 6.10 Å². The van der Waals surface area contributed by atoms with Gasteiger partial charge in [0.15, 0.2) is 0 Å². The molecule has 2 fully saturated rings. The highest BCUT2D eigenvalue weighted by atomic mass is 35.5. The molecule has 1 saturated carbocycles. The van der Waals surface area contributed by atoms with Gasteiger partial charge in [0.2, 0.25) is 0 Å². The molecule has 1 aliphatic carbocycles. The highest BCUT2D eigenvalue weighted by Crippen LogP contribution is 2.39. The summed E-state index contributed by atoms with van der Waals surface area (Å²) in [5, 5.41) is 7.29. The van der Waals surface area contributed by atoms with Gasteiger partial charge in [-0.3, -0.25) is 4.99 Å². The molecule has 0 spiro atoms. The Balaban J connectivity index is 1.29. The van der Waals surface area contributed by atoms with E-state index < -0.39 is 0 Å². The van der Waals surface area contributed by atoms with Gasteiger partial charge in [0, 0.05) is 18.9 Å². The van der Waals surface area contributed by atoms with E-state index in [9.17, 15) is 0 Å². The minimum Gasteiger partial charge on any atom is -0.376 e. The van der Waals surface area contributed by atoms with Crippen LogP contribution in [0.25, 0.3) is 17.0 Å². The molecule has 2 atom stereocenters. The van der Waals surface area contributed by atoms with Gasteiger partial charge in [-0.05, 0) is 49.1 Å². The van der Waals surface area contributed by atoms with E-state index in [0.29, 0.717) is 30.0 Å². The summed E-state index contributed by atoms with van der Waals surface area (Å²) in [5.74, 6) is 2.12. The molecule has 1 N–H and O–H groups in total. The van der Waals surface area contributed by atoms with E-state index in [4.69, 9.17) is 26.4 Å². The Morgan fingerprint density at radius 3 is 2.74 bits per heavy atom. The number of aliphatic imine (C=N–C) groups is 1. The van der Waals surface area contributed by atoms with E-state index in [1.807, 2.05) is 11.2 Å². The molecule has 34 heavy (non-hydrogen) atoms. The number of ether oxygens (including phenoxy) is 1. The lowest BCUT2D eigenvalue weighted by molar-refractivity contribution is 0.118. The Morgan fingerprint density at radius 1 is 1.15 bits per heavy atom. The van der Waals surface area contributed by atoms with Gasteiger partial charge >= 0.3 is 0 Å². The zero-order valence-corrected chi connectivity index (χ0v) is 20.3. The molecule has 6 nitrogen and oxygen atoms in total.